The van der Waals surface area contributed by atoms with Crippen molar-refractivity contribution in [3.8, 4) is 23.0 Å². The number of imide groups is 2. The average Bonchev–Trinajstić information content (AvgIpc) is 2.91. The Morgan fingerprint density at radius 1 is 0.949 bits per heavy atom. The van der Waals surface area contributed by atoms with Gasteiger partial charge < -0.3 is 18.9 Å². The third-order valence-electron chi connectivity index (χ3n) is 5.47. The van der Waals surface area contributed by atoms with Gasteiger partial charge in [0.15, 0.2) is 11.5 Å². The van der Waals surface area contributed by atoms with Crippen molar-refractivity contribution < 1.29 is 33.3 Å². The first-order valence-corrected chi connectivity index (χ1v) is 13.0. The Morgan fingerprint density at radius 3 is 2.38 bits per heavy atom. The lowest BCUT2D eigenvalue weighted by molar-refractivity contribution is -0.122. The van der Waals surface area contributed by atoms with Gasteiger partial charge in [-0.1, -0.05) is 33.6 Å². The second kappa shape index (κ2) is 12.7. The van der Waals surface area contributed by atoms with Crippen LogP contribution < -0.4 is 29.2 Å². The molecule has 1 heterocycles. The molecule has 0 bridgehead atoms. The number of benzene rings is 3. The maximum atomic E-state index is 13.2. The van der Waals surface area contributed by atoms with Gasteiger partial charge in [-0.05, 0) is 67.1 Å². The van der Waals surface area contributed by atoms with E-state index in [1.165, 1.54) is 12.1 Å². The third-order valence-corrected chi connectivity index (χ3v) is 6.28. The van der Waals surface area contributed by atoms with Crippen LogP contribution in [0.1, 0.15) is 12.5 Å². The van der Waals surface area contributed by atoms with Gasteiger partial charge >= 0.3 is 6.03 Å². The van der Waals surface area contributed by atoms with Crippen LogP contribution >= 0.6 is 27.5 Å². The summed E-state index contributed by atoms with van der Waals surface area (Å²) in [6, 6.07) is 16.0. The van der Waals surface area contributed by atoms with Crippen molar-refractivity contribution in [1.29, 1.82) is 0 Å². The van der Waals surface area contributed by atoms with E-state index in [1.54, 1.807) is 56.5 Å². The lowest BCUT2D eigenvalue weighted by atomic mass is 10.1. The van der Waals surface area contributed by atoms with Crippen LogP contribution in [-0.4, -0.2) is 44.8 Å². The highest BCUT2D eigenvalue weighted by Crippen LogP contribution is 2.37. The van der Waals surface area contributed by atoms with Crippen molar-refractivity contribution in [2.45, 2.75) is 6.92 Å². The molecule has 0 atom stereocenters. The summed E-state index contributed by atoms with van der Waals surface area (Å²) in [7, 11) is 1.58. The molecule has 4 rings (SSSR count). The number of barbiturate groups is 1. The maximum absolute atomic E-state index is 13.2. The molecule has 9 nitrogen and oxygen atoms in total. The number of methoxy groups -OCH3 is 1. The molecule has 0 saturated carbocycles. The second-order valence-electron chi connectivity index (χ2n) is 8.07. The molecule has 39 heavy (non-hydrogen) atoms. The highest BCUT2D eigenvalue weighted by molar-refractivity contribution is 9.10. The fourth-order valence-corrected chi connectivity index (χ4v) is 4.26. The summed E-state index contributed by atoms with van der Waals surface area (Å²) in [5.74, 6) is 0.331. The van der Waals surface area contributed by atoms with Crippen LogP contribution in [0.15, 0.2) is 70.7 Å². The summed E-state index contributed by atoms with van der Waals surface area (Å²) in [5.41, 5.74) is 0.482. The SMILES string of the molecule is CCOc1cc(/C=C2/C(=O)NC(=O)N(c3ccc(Br)cc3)C2=O)cc(Cl)c1OCCOc1cccc(OC)c1. The van der Waals surface area contributed by atoms with Crippen molar-refractivity contribution in [2.75, 3.05) is 31.8 Å². The van der Waals surface area contributed by atoms with Crippen LogP contribution in [-0.2, 0) is 9.59 Å². The number of rotatable bonds is 10. The molecule has 11 heteroatoms. The lowest BCUT2D eigenvalue weighted by Crippen LogP contribution is -2.54. The monoisotopic (exact) mass is 614 g/mol. The van der Waals surface area contributed by atoms with Gasteiger partial charge in [-0.2, -0.15) is 0 Å². The summed E-state index contributed by atoms with van der Waals surface area (Å²) in [5, 5.41) is 2.41. The average molecular weight is 616 g/mol. The van der Waals surface area contributed by atoms with Crippen LogP contribution in [0.5, 0.6) is 23.0 Å². The van der Waals surface area contributed by atoms with Gasteiger partial charge in [0, 0.05) is 10.5 Å². The number of urea groups is 1. The summed E-state index contributed by atoms with van der Waals surface area (Å²) >= 11 is 9.83. The normalized spacial score (nSPS) is 14.3. The van der Waals surface area contributed by atoms with Crippen LogP contribution in [0.2, 0.25) is 5.02 Å². The Balaban J connectivity index is 1.53. The number of ether oxygens (including phenoxy) is 4. The number of hydrogen-bond acceptors (Lipinski definition) is 7. The van der Waals surface area contributed by atoms with Gasteiger partial charge in [0.1, 0.15) is 30.3 Å². The predicted molar refractivity (Wildman–Crippen MR) is 150 cm³/mol. The molecule has 3 aromatic carbocycles. The molecule has 0 aromatic heterocycles. The highest BCUT2D eigenvalue weighted by atomic mass is 79.9. The molecule has 4 amide bonds. The topological polar surface area (TPSA) is 103 Å². The summed E-state index contributed by atoms with van der Waals surface area (Å²) in [6.45, 7) is 2.52. The first-order chi connectivity index (χ1) is 18.8. The third kappa shape index (κ3) is 6.71. The number of carbonyl (C=O) groups excluding carboxylic acids is 3. The van der Waals surface area contributed by atoms with Crippen molar-refractivity contribution in [3.63, 3.8) is 0 Å². The lowest BCUT2D eigenvalue weighted by Gasteiger charge is -2.26. The zero-order valence-corrected chi connectivity index (χ0v) is 23.4. The fourth-order valence-electron chi connectivity index (χ4n) is 3.72. The van der Waals surface area contributed by atoms with E-state index in [4.69, 9.17) is 30.5 Å². The molecule has 0 aliphatic carbocycles. The van der Waals surface area contributed by atoms with E-state index in [0.717, 1.165) is 9.37 Å². The standard InChI is InChI=1S/C28H24BrClN2O7/c1-3-37-24-15-17(14-23(30)25(24)39-12-11-38-21-6-4-5-20(16-21)36-2)13-22-26(33)31-28(35)32(27(22)34)19-9-7-18(29)8-10-19/h4-10,13-16H,3,11-12H2,1-2H3,(H,31,33,35)/b22-13-. The van der Waals surface area contributed by atoms with Gasteiger partial charge in [-0.3, -0.25) is 14.9 Å². The van der Waals surface area contributed by atoms with Crippen LogP contribution in [0, 0.1) is 0 Å². The minimum absolute atomic E-state index is 0.169. The molecule has 1 fully saturated rings. The molecule has 0 spiro atoms. The molecule has 1 aliphatic heterocycles. The number of hydrogen-bond donors (Lipinski definition) is 1. The number of amides is 4. The first-order valence-electron chi connectivity index (χ1n) is 11.8. The van der Waals surface area contributed by atoms with Crippen LogP contribution in [0.4, 0.5) is 10.5 Å². The van der Waals surface area contributed by atoms with Crippen molar-refractivity contribution >= 4 is 57.1 Å². The summed E-state index contributed by atoms with van der Waals surface area (Å²) in [4.78, 5) is 39.1. The largest absolute Gasteiger partial charge is 0.497 e. The Bertz CT molecular complexity index is 1430. The van der Waals surface area contributed by atoms with Gasteiger partial charge in [-0.25, -0.2) is 9.69 Å². The van der Waals surface area contributed by atoms with E-state index in [9.17, 15) is 14.4 Å². The molecule has 3 aromatic rings. The molecular weight excluding hydrogens is 592 g/mol. The molecule has 1 N–H and O–H groups in total. The van der Waals surface area contributed by atoms with Gasteiger partial charge in [0.05, 0.1) is 24.4 Å². The van der Waals surface area contributed by atoms with E-state index in [-0.39, 0.29) is 23.8 Å². The number of nitrogens with zero attached hydrogens (tertiary/aromatic N) is 1. The number of nitrogens with one attached hydrogen (secondary N) is 1. The van der Waals surface area contributed by atoms with Crippen molar-refractivity contribution in [3.05, 3.63) is 81.3 Å². The number of anilines is 1. The maximum Gasteiger partial charge on any atom is 0.335 e. The zero-order chi connectivity index (χ0) is 27.9. The predicted octanol–water partition coefficient (Wildman–Crippen LogP) is 5.63. The van der Waals surface area contributed by atoms with Gasteiger partial charge in [0.2, 0.25) is 0 Å². The van der Waals surface area contributed by atoms with Crippen LogP contribution in [0.25, 0.3) is 6.08 Å². The van der Waals surface area contributed by atoms with E-state index < -0.39 is 17.8 Å². The fraction of sp³-hybridized carbons (Fsp3) is 0.179. The van der Waals surface area contributed by atoms with E-state index in [0.29, 0.717) is 40.9 Å². The molecule has 1 aliphatic rings. The summed E-state index contributed by atoms with van der Waals surface area (Å²) < 4.78 is 23.2. The van der Waals surface area contributed by atoms with E-state index in [1.807, 2.05) is 12.1 Å². The highest BCUT2D eigenvalue weighted by Gasteiger charge is 2.36. The van der Waals surface area contributed by atoms with Crippen molar-refractivity contribution in [1.82, 2.24) is 5.32 Å². The number of carbonyl (C=O) groups is 3. The Morgan fingerprint density at radius 2 is 1.67 bits per heavy atom. The Labute approximate surface area is 238 Å². The molecule has 0 radical (unpaired) electrons. The Kier molecular flexibility index (Phi) is 9.11. The minimum atomic E-state index is -0.836. The minimum Gasteiger partial charge on any atom is -0.497 e. The second-order valence-corrected chi connectivity index (χ2v) is 9.40. The van der Waals surface area contributed by atoms with E-state index in [2.05, 4.69) is 21.2 Å². The zero-order valence-electron chi connectivity index (χ0n) is 21.0. The molecule has 202 valence electrons. The van der Waals surface area contributed by atoms with Crippen molar-refractivity contribution in [2.24, 2.45) is 0 Å². The van der Waals surface area contributed by atoms with Gasteiger partial charge in [-0.15, -0.1) is 0 Å². The smallest absolute Gasteiger partial charge is 0.335 e. The molecule has 0 unspecified atom stereocenters. The van der Waals surface area contributed by atoms with Gasteiger partial charge in [0.25, 0.3) is 11.8 Å². The first kappa shape index (κ1) is 28.0. The van der Waals surface area contributed by atoms with Crippen LogP contribution in [0.3, 0.4) is 0 Å². The number of halogens is 2. The quantitative estimate of drug-likeness (QED) is 0.179. The summed E-state index contributed by atoms with van der Waals surface area (Å²) in [6.07, 6.45) is 1.35. The van der Waals surface area contributed by atoms with E-state index >= 15 is 0 Å². The Hall–Kier alpha value is -4.02. The molecule has 1 saturated heterocycles. The molecular formula is C28H24BrClN2O7.